The Kier molecular flexibility index (Phi) is 6.04. The molecule has 0 spiro atoms. The van der Waals surface area contributed by atoms with Gasteiger partial charge in [0, 0.05) is 13.1 Å². The monoisotopic (exact) mass is 381 g/mol. The van der Waals surface area contributed by atoms with Crippen LogP contribution in [0.2, 0.25) is 0 Å². The van der Waals surface area contributed by atoms with Crippen LogP contribution in [0.4, 0.5) is 18.9 Å². The number of anilines is 1. The van der Waals surface area contributed by atoms with Crippen LogP contribution in [0.15, 0.2) is 30.3 Å². The molecule has 144 valence electrons. The quantitative estimate of drug-likeness (QED) is 0.637. The van der Waals surface area contributed by atoms with E-state index in [1.165, 1.54) is 18.2 Å². The van der Waals surface area contributed by atoms with E-state index in [-0.39, 0.29) is 0 Å². The largest absolute Gasteiger partial charge is 0.452 e. The summed E-state index contributed by atoms with van der Waals surface area (Å²) in [5.41, 5.74) is 1.57. The van der Waals surface area contributed by atoms with Gasteiger partial charge in [0.2, 0.25) is 0 Å². The fourth-order valence-electron chi connectivity index (χ4n) is 2.26. The molecular weight excluding hydrogens is 363 g/mol. The number of esters is 1. The highest BCUT2D eigenvalue weighted by atomic mass is 19.4. The normalized spacial score (nSPS) is 11.6. The number of ether oxygens (including phenoxy) is 1. The molecule has 0 saturated carbocycles. The van der Waals surface area contributed by atoms with Gasteiger partial charge in [-0.2, -0.15) is 18.3 Å². The van der Waals surface area contributed by atoms with Crippen LogP contribution in [-0.2, 0) is 27.5 Å². The van der Waals surface area contributed by atoms with E-state index in [1.807, 2.05) is 0 Å². The number of alkyl halides is 3. The average molecular weight is 381 g/mol. The van der Waals surface area contributed by atoms with Gasteiger partial charge in [-0.05, 0) is 37.6 Å². The minimum absolute atomic E-state index is 0.394. The number of aryl methyl sites for hydroxylation is 2. The third-order valence-electron chi connectivity index (χ3n) is 3.77. The van der Waals surface area contributed by atoms with E-state index in [4.69, 9.17) is 4.74 Å². The molecule has 0 fully saturated rings. The molecule has 2 aromatic rings. The van der Waals surface area contributed by atoms with Crippen molar-refractivity contribution in [3.8, 4) is 0 Å². The lowest BCUT2D eigenvalue weighted by molar-refractivity contribution is -0.142. The molecule has 2 rings (SSSR count). The summed E-state index contributed by atoms with van der Waals surface area (Å²) in [4.78, 5) is 23.5. The number of nitrogens with one attached hydrogen (secondary N) is 1. The van der Waals surface area contributed by atoms with Crippen molar-refractivity contribution in [1.29, 1.82) is 0 Å². The van der Waals surface area contributed by atoms with Crippen LogP contribution in [-0.4, -0.2) is 28.3 Å². The molecule has 1 N–H and O–H groups in total. The number of hydrogen-bond donors (Lipinski definition) is 1. The van der Waals surface area contributed by atoms with E-state index in [9.17, 15) is 22.8 Å². The highest BCUT2D eigenvalue weighted by Gasteiger charge is 2.29. The van der Waals surface area contributed by atoms with Crippen molar-refractivity contribution in [2.75, 3.05) is 11.9 Å². The molecule has 1 heterocycles. The Morgan fingerprint density at radius 1 is 1.22 bits per heavy atom. The first kappa shape index (κ1) is 20.2. The van der Waals surface area contributed by atoms with Crippen LogP contribution < -0.4 is 5.32 Å². The van der Waals surface area contributed by atoms with Gasteiger partial charge < -0.3 is 10.1 Å². The Morgan fingerprint density at radius 2 is 1.85 bits per heavy atom. The van der Waals surface area contributed by atoms with Crippen LogP contribution in [0.25, 0.3) is 6.08 Å². The summed E-state index contributed by atoms with van der Waals surface area (Å²) in [7, 11) is 1.74. The first-order valence-electron chi connectivity index (χ1n) is 7.90. The summed E-state index contributed by atoms with van der Waals surface area (Å²) in [6.07, 6.45) is -2.08. The van der Waals surface area contributed by atoms with E-state index in [0.717, 1.165) is 23.9 Å². The number of benzene rings is 1. The lowest BCUT2D eigenvalue weighted by Crippen LogP contribution is -2.20. The van der Waals surface area contributed by atoms with E-state index < -0.39 is 30.2 Å². The Balaban J connectivity index is 1.86. The molecule has 1 amide bonds. The minimum Gasteiger partial charge on any atom is -0.452 e. The second-order valence-corrected chi connectivity index (χ2v) is 5.78. The van der Waals surface area contributed by atoms with Crippen molar-refractivity contribution in [2.24, 2.45) is 7.05 Å². The average Bonchev–Trinajstić information content (AvgIpc) is 2.84. The SMILES string of the molecule is Cc1nn(C)c(C)c1NC(=O)COC(=O)/C=C/c1ccc(C(F)(F)F)cc1. The minimum atomic E-state index is -4.42. The third kappa shape index (κ3) is 5.44. The molecule has 1 aromatic carbocycles. The standard InChI is InChI=1S/C18H18F3N3O3/c1-11-17(12(2)24(3)23-11)22-15(25)10-27-16(26)9-6-13-4-7-14(8-5-13)18(19,20)21/h4-9H,10H2,1-3H3,(H,22,25)/b9-6+. The lowest BCUT2D eigenvalue weighted by atomic mass is 10.1. The van der Waals surface area contributed by atoms with E-state index in [1.54, 1.807) is 25.6 Å². The number of halogens is 3. The lowest BCUT2D eigenvalue weighted by Gasteiger charge is -2.06. The van der Waals surface area contributed by atoms with Gasteiger partial charge in [-0.3, -0.25) is 9.48 Å². The predicted molar refractivity (Wildman–Crippen MR) is 92.7 cm³/mol. The van der Waals surface area contributed by atoms with Crippen LogP contribution in [0.5, 0.6) is 0 Å². The Hall–Kier alpha value is -3.10. The van der Waals surface area contributed by atoms with Crippen LogP contribution >= 0.6 is 0 Å². The van der Waals surface area contributed by atoms with E-state index >= 15 is 0 Å². The van der Waals surface area contributed by atoms with Crippen molar-refractivity contribution in [3.05, 3.63) is 52.9 Å². The molecule has 0 unspecified atom stereocenters. The summed E-state index contributed by atoms with van der Waals surface area (Å²) >= 11 is 0. The highest BCUT2D eigenvalue weighted by Crippen LogP contribution is 2.29. The van der Waals surface area contributed by atoms with Gasteiger partial charge in [0.05, 0.1) is 22.6 Å². The molecule has 0 saturated heterocycles. The zero-order valence-electron chi connectivity index (χ0n) is 14.9. The Bertz CT molecular complexity index is 868. The van der Waals surface area contributed by atoms with Crippen molar-refractivity contribution in [3.63, 3.8) is 0 Å². The maximum Gasteiger partial charge on any atom is 0.416 e. The van der Waals surface area contributed by atoms with Gasteiger partial charge in [-0.25, -0.2) is 4.79 Å². The van der Waals surface area contributed by atoms with Crippen molar-refractivity contribution >= 4 is 23.6 Å². The van der Waals surface area contributed by atoms with Crippen molar-refractivity contribution < 1.29 is 27.5 Å². The fourth-order valence-corrected chi connectivity index (χ4v) is 2.26. The summed E-state index contributed by atoms with van der Waals surface area (Å²) in [5.74, 6) is -1.31. The zero-order valence-corrected chi connectivity index (χ0v) is 14.9. The smallest absolute Gasteiger partial charge is 0.416 e. The topological polar surface area (TPSA) is 73.2 Å². The fraction of sp³-hybridized carbons (Fsp3) is 0.278. The summed E-state index contributed by atoms with van der Waals surface area (Å²) in [6.45, 7) is 3.03. The second-order valence-electron chi connectivity index (χ2n) is 5.78. The molecular formula is C18H18F3N3O3. The zero-order chi connectivity index (χ0) is 20.2. The summed E-state index contributed by atoms with van der Waals surface area (Å²) in [6, 6.07) is 4.29. The van der Waals surface area contributed by atoms with Crippen LogP contribution in [0.3, 0.4) is 0 Å². The molecule has 0 atom stereocenters. The number of nitrogens with zero attached hydrogens (tertiary/aromatic N) is 2. The third-order valence-corrected chi connectivity index (χ3v) is 3.77. The molecule has 6 nitrogen and oxygen atoms in total. The number of carbonyl (C=O) groups is 2. The summed E-state index contributed by atoms with van der Waals surface area (Å²) in [5, 5.41) is 6.77. The molecule has 1 aromatic heterocycles. The molecule has 9 heteroatoms. The first-order chi connectivity index (χ1) is 12.6. The maximum absolute atomic E-state index is 12.5. The van der Waals surface area contributed by atoms with Gasteiger partial charge in [-0.15, -0.1) is 0 Å². The molecule has 27 heavy (non-hydrogen) atoms. The number of hydrogen-bond acceptors (Lipinski definition) is 4. The van der Waals surface area contributed by atoms with Gasteiger partial charge in [-0.1, -0.05) is 12.1 Å². The van der Waals surface area contributed by atoms with Crippen molar-refractivity contribution in [2.45, 2.75) is 20.0 Å². The van der Waals surface area contributed by atoms with Gasteiger partial charge in [0.15, 0.2) is 6.61 Å². The molecule has 0 radical (unpaired) electrons. The first-order valence-corrected chi connectivity index (χ1v) is 7.90. The second kappa shape index (κ2) is 8.07. The highest BCUT2D eigenvalue weighted by molar-refractivity contribution is 5.95. The Labute approximate surface area is 153 Å². The Morgan fingerprint density at radius 3 is 2.37 bits per heavy atom. The predicted octanol–water partition coefficient (Wildman–Crippen LogP) is 3.25. The van der Waals surface area contributed by atoms with E-state index in [0.29, 0.717) is 16.9 Å². The summed E-state index contributed by atoms with van der Waals surface area (Å²) < 4.78 is 43.9. The number of amides is 1. The van der Waals surface area contributed by atoms with Crippen LogP contribution in [0.1, 0.15) is 22.5 Å². The molecule has 0 aliphatic carbocycles. The number of carbonyl (C=O) groups excluding carboxylic acids is 2. The number of aromatic nitrogens is 2. The van der Waals surface area contributed by atoms with Crippen LogP contribution in [0, 0.1) is 13.8 Å². The maximum atomic E-state index is 12.5. The van der Waals surface area contributed by atoms with Gasteiger partial charge in [0.25, 0.3) is 5.91 Å². The van der Waals surface area contributed by atoms with Gasteiger partial charge in [0.1, 0.15) is 0 Å². The van der Waals surface area contributed by atoms with E-state index in [2.05, 4.69) is 10.4 Å². The molecule has 0 bridgehead atoms. The molecule has 0 aliphatic rings. The van der Waals surface area contributed by atoms with Crippen molar-refractivity contribution in [1.82, 2.24) is 9.78 Å². The number of rotatable bonds is 5. The van der Waals surface area contributed by atoms with Gasteiger partial charge >= 0.3 is 12.1 Å². The molecule has 0 aliphatic heterocycles.